The number of rotatable bonds is 1. The molecular formula is C18H12N4O. The van der Waals surface area contributed by atoms with Gasteiger partial charge >= 0.3 is 0 Å². The molecule has 3 aromatic heterocycles. The maximum atomic E-state index is 6.05. The number of anilines is 1. The Bertz CT molecular complexity index is 1150. The van der Waals surface area contributed by atoms with Crippen LogP contribution in [0.1, 0.15) is 0 Å². The van der Waals surface area contributed by atoms with Gasteiger partial charge in [0, 0.05) is 16.2 Å². The summed E-state index contributed by atoms with van der Waals surface area (Å²) in [4.78, 5) is 4.70. The van der Waals surface area contributed by atoms with Crippen molar-refractivity contribution in [2.75, 3.05) is 5.73 Å². The minimum atomic E-state index is 0.488. The van der Waals surface area contributed by atoms with Gasteiger partial charge in [-0.15, -0.1) is 5.10 Å². The normalized spacial score (nSPS) is 11.7. The molecule has 0 aliphatic rings. The molecule has 0 bridgehead atoms. The second-order valence-electron chi connectivity index (χ2n) is 5.47. The van der Waals surface area contributed by atoms with Crippen LogP contribution in [0, 0.1) is 0 Å². The molecule has 23 heavy (non-hydrogen) atoms. The molecule has 110 valence electrons. The lowest BCUT2D eigenvalue weighted by atomic mass is 10.2. The van der Waals surface area contributed by atoms with Crippen molar-refractivity contribution in [2.45, 2.75) is 0 Å². The molecule has 0 spiro atoms. The summed E-state index contributed by atoms with van der Waals surface area (Å²) in [6.07, 6.45) is 1.84. The number of nitrogen functional groups attached to an aromatic ring is 1. The maximum absolute atomic E-state index is 6.05. The van der Waals surface area contributed by atoms with Gasteiger partial charge in [-0.1, -0.05) is 42.5 Å². The van der Waals surface area contributed by atoms with Crippen LogP contribution in [0.3, 0.4) is 0 Å². The molecule has 0 amide bonds. The van der Waals surface area contributed by atoms with Gasteiger partial charge in [-0.25, -0.2) is 9.50 Å². The highest BCUT2D eigenvalue weighted by atomic mass is 16.3. The minimum absolute atomic E-state index is 0.488. The first-order chi connectivity index (χ1) is 11.3. The summed E-state index contributed by atoms with van der Waals surface area (Å²) in [5.74, 6) is 1.21. The third kappa shape index (κ3) is 1.73. The number of furan rings is 1. The summed E-state index contributed by atoms with van der Waals surface area (Å²) in [5.41, 5.74) is 8.40. The zero-order valence-electron chi connectivity index (χ0n) is 12.1. The molecule has 0 unspecified atom stereocenters. The predicted octanol–water partition coefficient (Wildman–Crippen LogP) is 3.88. The number of fused-ring (bicyclic) bond motifs is 4. The summed E-state index contributed by atoms with van der Waals surface area (Å²) >= 11 is 0. The van der Waals surface area contributed by atoms with Crippen molar-refractivity contribution in [1.82, 2.24) is 14.6 Å². The summed E-state index contributed by atoms with van der Waals surface area (Å²) in [6, 6.07) is 17.8. The molecule has 5 nitrogen and oxygen atoms in total. The molecule has 5 heteroatoms. The molecule has 2 aromatic carbocycles. The molecule has 0 atom stereocenters. The molecule has 5 rings (SSSR count). The first kappa shape index (κ1) is 12.2. The lowest BCUT2D eigenvalue weighted by Gasteiger charge is -2.02. The van der Waals surface area contributed by atoms with E-state index in [0.717, 1.165) is 38.8 Å². The van der Waals surface area contributed by atoms with E-state index in [-0.39, 0.29) is 0 Å². The van der Waals surface area contributed by atoms with E-state index < -0.39 is 0 Å². The fraction of sp³-hybridized carbons (Fsp3) is 0. The molecule has 3 heterocycles. The average molecular weight is 300 g/mol. The van der Waals surface area contributed by atoms with Gasteiger partial charge in [0.15, 0.2) is 17.2 Å². The maximum Gasteiger partial charge on any atom is 0.162 e. The highest BCUT2D eigenvalue weighted by molar-refractivity contribution is 5.99. The van der Waals surface area contributed by atoms with Crippen molar-refractivity contribution < 1.29 is 4.42 Å². The Balaban J connectivity index is 1.81. The Morgan fingerprint density at radius 1 is 0.957 bits per heavy atom. The van der Waals surface area contributed by atoms with Crippen LogP contribution in [-0.4, -0.2) is 14.6 Å². The number of hydrogen-bond donors (Lipinski definition) is 1. The monoisotopic (exact) mass is 300 g/mol. The van der Waals surface area contributed by atoms with Crippen molar-refractivity contribution in [2.24, 2.45) is 0 Å². The lowest BCUT2D eigenvalue weighted by Crippen LogP contribution is -1.98. The van der Waals surface area contributed by atoms with E-state index >= 15 is 0 Å². The topological polar surface area (TPSA) is 69.3 Å². The summed E-state index contributed by atoms with van der Waals surface area (Å²) in [5, 5.41) is 7.33. The third-order valence-electron chi connectivity index (χ3n) is 4.03. The molecule has 0 aliphatic carbocycles. The molecule has 0 fully saturated rings. The third-order valence-corrected chi connectivity index (χ3v) is 4.03. The van der Waals surface area contributed by atoms with Crippen molar-refractivity contribution >= 4 is 33.2 Å². The van der Waals surface area contributed by atoms with Crippen LogP contribution in [0.15, 0.2) is 65.2 Å². The highest BCUT2D eigenvalue weighted by Crippen LogP contribution is 2.29. The molecule has 0 aliphatic heterocycles. The highest BCUT2D eigenvalue weighted by Gasteiger charge is 2.13. The van der Waals surface area contributed by atoms with E-state index in [1.54, 1.807) is 4.52 Å². The van der Waals surface area contributed by atoms with Crippen LogP contribution >= 0.6 is 0 Å². The van der Waals surface area contributed by atoms with Crippen LogP contribution in [0.4, 0.5) is 5.82 Å². The SMILES string of the molecule is Nc1nn2cc(-c3cc4ccccc4o3)nc2c2ccccc12. The summed E-state index contributed by atoms with van der Waals surface area (Å²) in [7, 11) is 0. The van der Waals surface area contributed by atoms with Gasteiger partial charge in [0.05, 0.1) is 6.20 Å². The number of nitrogens with two attached hydrogens (primary N) is 1. The fourth-order valence-electron chi connectivity index (χ4n) is 2.93. The number of para-hydroxylation sites is 1. The van der Waals surface area contributed by atoms with Crippen LogP contribution < -0.4 is 5.73 Å². The minimum Gasteiger partial charge on any atom is -0.454 e. The van der Waals surface area contributed by atoms with Crippen LogP contribution in [0.5, 0.6) is 0 Å². The zero-order valence-corrected chi connectivity index (χ0v) is 12.1. The quantitative estimate of drug-likeness (QED) is 0.510. The Labute approximate surface area is 131 Å². The van der Waals surface area contributed by atoms with E-state index in [1.165, 1.54) is 0 Å². The Morgan fingerprint density at radius 2 is 1.74 bits per heavy atom. The largest absolute Gasteiger partial charge is 0.454 e. The second-order valence-corrected chi connectivity index (χ2v) is 5.47. The van der Waals surface area contributed by atoms with Gasteiger partial charge in [0.25, 0.3) is 0 Å². The van der Waals surface area contributed by atoms with Crippen LogP contribution in [-0.2, 0) is 0 Å². The van der Waals surface area contributed by atoms with E-state index in [2.05, 4.69) is 5.10 Å². The number of benzene rings is 2. The van der Waals surface area contributed by atoms with E-state index in [4.69, 9.17) is 15.1 Å². The standard InChI is InChI=1S/C18H12N4O/c19-17-12-6-2-3-7-13(12)18-20-14(10-22(18)21-17)16-9-11-5-1-4-8-15(11)23-16/h1-10H,(H2,19,21). The zero-order chi connectivity index (χ0) is 15.4. The van der Waals surface area contributed by atoms with Gasteiger partial charge in [-0.05, 0) is 12.1 Å². The van der Waals surface area contributed by atoms with Gasteiger partial charge in [0.2, 0.25) is 0 Å². The summed E-state index contributed by atoms with van der Waals surface area (Å²) < 4.78 is 7.60. The van der Waals surface area contributed by atoms with Crippen molar-refractivity contribution in [3.63, 3.8) is 0 Å². The number of aromatic nitrogens is 3. The van der Waals surface area contributed by atoms with Gasteiger partial charge < -0.3 is 10.2 Å². The number of nitrogens with zero attached hydrogens (tertiary/aromatic N) is 3. The summed E-state index contributed by atoms with van der Waals surface area (Å²) in [6.45, 7) is 0. The Kier molecular flexibility index (Phi) is 2.30. The van der Waals surface area contributed by atoms with Gasteiger partial charge in [-0.3, -0.25) is 0 Å². The average Bonchev–Trinajstić information content (AvgIpc) is 3.18. The number of hydrogen-bond acceptors (Lipinski definition) is 4. The van der Waals surface area contributed by atoms with E-state index in [9.17, 15) is 0 Å². The number of imidazole rings is 1. The first-order valence-corrected chi connectivity index (χ1v) is 7.32. The van der Waals surface area contributed by atoms with E-state index in [1.807, 2.05) is 60.8 Å². The molecule has 0 radical (unpaired) electrons. The van der Waals surface area contributed by atoms with Crippen molar-refractivity contribution in [1.29, 1.82) is 0 Å². The lowest BCUT2D eigenvalue weighted by molar-refractivity contribution is 0.629. The van der Waals surface area contributed by atoms with E-state index in [0.29, 0.717) is 5.82 Å². The van der Waals surface area contributed by atoms with Crippen molar-refractivity contribution in [3.8, 4) is 11.5 Å². The first-order valence-electron chi connectivity index (χ1n) is 7.32. The molecule has 2 N–H and O–H groups in total. The smallest absolute Gasteiger partial charge is 0.162 e. The van der Waals surface area contributed by atoms with Crippen LogP contribution in [0.2, 0.25) is 0 Å². The molecule has 0 saturated heterocycles. The Hall–Kier alpha value is -3.34. The second kappa shape index (κ2) is 4.33. The predicted molar refractivity (Wildman–Crippen MR) is 90.1 cm³/mol. The molecule has 0 saturated carbocycles. The fourth-order valence-corrected chi connectivity index (χ4v) is 2.93. The van der Waals surface area contributed by atoms with Gasteiger partial charge in [0.1, 0.15) is 11.3 Å². The molecule has 5 aromatic rings. The Morgan fingerprint density at radius 3 is 2.61 bits per heavy atom. The van der Waals surface area contributed by atoms with Crippen molar-refractivity contribution in [3.05, 3.63) is 60.8 Å². The van der Waals surface area contributed by atoms with Crippen LogP contribution in [0.25, 0.3) is 38.8 Å². The molecular weight excluding hydrogens is 288 g/mol. The van der Waals surface area contributed by atoms with Gasteiger partial charge in [-0.2, -0.15) is 0 Å².